The molecule has 2 rings (SSSR count). The lowest BCUT2D eigenvalue weighted by Crippen LogP contribution is -2.42. The molecular weight excluding hydrogens is 284 g/mol. The Morgan fingerprint density at radius 1 is 1.33 bits per heavy atom. The van der Waals surface area contributed by atoms with E-state index in [-0.39, 0.29) is 5.91 Å². The molecule has 1 saturated carbocycles. The van der Waals surface area contributed by atoms with Crippen LogP contribution in [-0.4, -0.2) is 36.5 Å². The minimum absolute atomic E-state index is 0.248. The fourth-order valence-corrected chi connectivity index (χ4v) is 3.13. The van der Waals surface area contributed by atoms with Gasteiger partial charge in [0.15, 0.2) is 0 Å². The molecule has 0 atom stereocenters. The van der Waals surface area contributed by atoms with E-state index in [2.05, 4.69) is 17.4 Å². The number of amides is 1. The molecule has 0 spiro atoms. The van der Waals surface area contributed by atoms with Gasteiger partial charge in [0.1, 0.15) is 0 Å². The number of carbonyl (C=O) groups excluding carboxylic acids is 1. The van der Waals surface area contributed by atoms with E-state index in [9.17, 15) is 4.79 Å². The van der Waals surface area contributed by atoms with E-state index >= 15 is 0 Å². The van der Waals surface area contributed by atoms with Gasteiger partial charge in [-0.2, -0.15) is 0 Å². The van der Waals surface area contributed by atoms with Gasteiger partial charge in [0.25, 0.3) is 0 Å². The predicted octanol–water partition coefficient (Wildman–Crippen LogP) is 3.43. The third-order valence-corrected chi connectivity index (χ3v) is 4.58. The zero-order valence-corrected chi connectivity index (χ0v) is 13.7. The molecule has 1 fully saturated rings. The van der Waals surface area contributed by atoms with Crippen molar-refractivity contribution in [1.82, 2.24) is 10.2 Å². The van der Waals surface area contributed by atoms with Gasteiger partial charge in [-0.15, -0.1) is 0 Å². The fraction of sp³-hybridized carbons (Fsp3) is 0.588. The monoisotopic (exact) mass is 308 g/mol. The average Bonchev–Trinajstić information content (AvgIpc) is 2.42. The maximum Gasteiger partial charge on any atom is 0.223 e. The topological polar surface area (TPSA) is 32.3 Å². The van der Waals surface area contributed by atoms with Gasteiger partial charge in [-0.25, -0.2) is 0 Å². The van der Waals surface area contributed by atoms with Gasteiger partial charge in [0.2, 0.25) is 5.91 Å². The summed E-state index contributed by atoms with van der Waals surface area (Å²) in [6.07, 6.45) is 2.87. The molecule has 0 aromatic heterocycles. The van der Waals surface area contributed by atoms with Crippen LogP contribution in [-0.2, 0) is 4.79 Å². The van der Waals surface area contributed by atoms with E-state index in [1.165, 1.54) is 5.56 Å². The van der Waals surface area contributed by atoms with E-state index in [4.69, 9.17) is 11.6 Å². The Morgan fingerprint density at radius 3 is 2.67 bits per heavy atom. The fourth-order valence-electron chi connectivity index (χ4n) is 2.93. The maximum atomic E-state index is 11.9. The van der Waals surface area contributed by atoms with Crippen LogP contribution < -0.4 is 5.32 Å². The van der Waals surface area contributed by atoms with Crippen LogP contribution in [0.15, 0.2) is 24.3 Å². The van der Waals surface area contributed by atoms with Crippen molar-refractivity contribution in [3.8, 4) is 0 Å². The van der Waals surface area contributed by atoms with Gasteiger partial charge in [-0.1, -0.05) is 23.7 Å². The zero-order chi connectivity index (χ0) is 15.2. The van der Waals surface area contributed by atoms with E-state index < -0.39 is 0 Å². The SMILES string of the molecule is CCN(CC)C(=O)CCNC1CC(c2cccc(Cl)c2)C1. The van der Waals surface area contributed by atoms with E-state index in [1.807, 2.05) is 30.9 Å². The molecule has 1 aliphatic rings. The van der Waals surface area contributed by atoms with Gasteiger partial charge in [0, 0.05) is 37.1 Å². The molecule has 4 heteroatoms. The van der Waals surface area contributed by atoms with Crippen LogP contribution in [0, 0.1) is 0 Å². The number of nitrogens with zero attached hydrogens (tertiary/aromatic N) is 1. The van der Waals surface area contributed by atoms with Gasteiger partial charge >= 0.3 is 0 Å². The van der Waals surface area contributed by atoms with Crippen LogP contribution in [0.2, 0.25) is 5.02 Å². The summed E-state index contributed by atoms with van der Waals surface area (Å²) in [6, 6.07) is 8.68. The standard InChI is InChI=1S/C17H25ClN2O/c1-3-20(4-2)17(21)8-9-19-16-11-14(12-16)13-6-5-7-15(18)10-13/h5-7,10,14,16,19H,3-4,8-9,11-12H2,1-2H3. The molecule has 0 bridgehead atoms. The highest BCUT2D eigenvalue weighted by atomic mass is 35.5. The Hall–Kier alpha value is -1.06. The summed E-state index contributed by atoms with van der Waals surface area (Å²) in [7, 11) is 0. The number of benzene rings is 1. The van der Waals surface area contributed by atoms with Gasteiger partial charge in [-0.05, 0) is 50.3 Å². The molecule has 1 aromatic rings. The Kier molecular flexibility index (Phi) is 6.07. The highest BCUT2D eigenvalue weighted by molar-refractivity contribution is 6.30. The molecule has 1 aromatic carbocycles. The number of hydrogen-bond acceptors (Lipinski definition) is 2. The molecule has 0 unspecified atom stereocenters. The molecular formula is C17H25ClN2O. The second-order valence-corrected chi connectivity index (χ2v) is 6.13. The molecule has 116 valence electrons. The largest absolute Gasteiger partial charge is 0.343 e. The van der Waals surface area contributed by atoms with Crippen LogP contribution in [0.3, 0.4) is 0 Å². The lowest BCUT2D eigenvalue weighted by Gasteiger charge is -2.36. The summed E-state index contributed by atoms with van der Waals surface area (Å²) in [5.74, 6) is 0.859. The van der Waals surface area contributed by atoms with Crippen molar-refractivity contribution in [2.45, 2.75) is 45.1 Å². The quantitative estimate of drug-likeness (QED) is 0.837. The van der Waals surface area contributed by atoms with E-state index in [0.717, 1.165) is 37.5 Å². The van der Waals surface area contributed by atoms with Crippen LogP contribution in [0.25, 0.3) is 0 Å². The second-order valence-electron chi connectivity index (χ2n) is 5.69. The van der Waals surface area contributed by atoms with Gasteiger partial charge < -0.3 is 10.2 Å². The predicted molar refractivity (Wildman–Crippen MR) is 87.8 cm³/mol. The summed E-state index contributed by atoms with van der Waals surface area (Å²) in [5, 5.41) is 4.30. The van der Waals surface area contributed by atoms with Crippen LogP contribution in [0.5, 0.6) is 0 Å². The molecule has 3 nitrogen and oxygen atoms in total. The minimum atomic E-state index is 0.248. The molecule has 1 N–H and O–H groups in total. The molecule has 0 heterocycles. The first-order chi connectivity index (χ1) is 10.1. The number of nitrogens with one attached hydrogen (secondary N) is 1. The minimum Gasteiger partial charge on any atom is -0.343 e. The first-order valence-electron chi connectivity index (χ1n) is 7.90. The summed E-state index contributed by atoms with van der Waals surface area (Å²) in [5.41, 5.74) is 1.33. The summed E-state index contributed by atoms with van der Waals surface area (Å²) in [4.78, 5) is 13.8. The van der Waals surface area contributed by atoms with Crippen molar-refractivity contribution < 1.29 is 4.79 Å². The molecule has 1 amide bonds. The number of halogens is 1. The van der Waals surface area contributed by atoms with Crippen LogP contribution >= 0.6 is 11.6 Å². The lowest BCUT2D eigenvalue weighted by molar-refractivity contribution is -0.130. The number of rotatable bonds is 7. The highest BCUT2D eigenvalue weighted by Crippen LogP contribution is 2.37. The van der Waals surface area contributed by atoms with E-state index in [1.54, 1.807) is 0 Å². The van der Waals surface area contributed by atoms with Crippen molar-refractivity contribution in [2.75, 3.05) is 19.6 Å². The Morgan fingerprint density at radius 2 is 2.05 bits per heavy atom. The van der Waals surface area contributed by atoms with Crippen molar-refractivity contribution in [3.63, 3.8) is 0 Å². The molecule has 0 saturated heterocycles. The van der Waals surface area contributed by atoms with Gasteiger partial charge in [-0.3, -0.25) is 4.79 Å². The summed E-state index contributed by atoms with van der Waals surface area (Å²) >= 11 is 6.02. The number of carbonyl (C=O) groups is 1. The molecule has 0 aliphatic heterocycles. The normalized spacial score (nSPS) is 20.9. The highest BCUT2D eigenvalue weighted by Gasteiger charge is 2.29. The summed E-state index contributed by atoms with van der Waals surface area (Å²) in [6.45, 7) is 6.43. The zero-order valence-electron chi connectivity index (χ0n) is 12.9. The first-order valence-corrected chi connectivity index (χ1v) is 8.28. The summed E-state index contributed by atoms with van der Waals surface area (Å²) < 4.78 is 0. The molecule has 21 heavy (non-hydrogen) atoms. The Balaban J connectivity index is 1.66. The van der Waals surface area contributed by atoms with Crippen LogP contribution in [0.4, 0.5) is 0 Å². The van der Waals surface area contributed by atoms with Crippen molar-refractivity contribution in [3.05, 3.63) is 34.9 Å². The third-order valence-electron chi connectivity index (χ3n) is 4.35. The van der Waals surface area contributed by atoms with Crippen molar-refractivity contribution in [1.29, 1.82) is 0 Å². The van der Waals surface area contributed by atoms with E-state index in [0.29, 0.717) is 18.4 Å². The Bertz CT molecular complexity index is 468. The molecule has 0 radical (unpaired) electrons. The maximum absolute atomic E-state index is 11.9. The average molecular weight is 309 g/mol. The smallest absolute Gasteiger partial charge is 0.223 e. The Labute approximate surface area is 132 Å². The third kappa shape index (κ3) is 4.45. The van der Waals surface area contributed by atoms with Crippen molar-refractivity contribution >= 4 is 17.5 Å². The van der Waals surface area contributed by atoms with Crippen LogP contribution in [0.1, 0.15) is 44.6 Å². The number of hydrogen-bond donors (Lipinski definition) is 1. The molecule has 1 aliphatic carbocycles. The second kappa shape index (κ2) is 7.81. The van der Waals surface area contributed by atoms with Crippen molar-refractivity contribution in [2.24, 2.45) is 0 Å². The lowest BCUT2D eigenvalue weighted by atomic mass is 9.76. The van der Waals surface area contributed by atoms with Gasteiger partial charge in [0.05, 0.1) is 0 Å². The first kappa shape index (κ1) is 16.3.